The van der Waals surface area contributed by atoms with E-state index in [0.29, 0.717) is 6.61 Å². The zero-order valence-corrected chi connectivity index (χ0v) is 14.6. The van der Waals surface area contributed by atoms with Gasteiger partial charge in [-0.1, -0.05) is 82.0 Å². The highest BCUT2D eigenvalue weighted by atomic mass is 16.5. The largest absolute Gasteiger partial charge is 0.390 e. The van der Waals surface area contributed by atoms with Gasteiger partial charge in [0.15, 0.2) is 0 Å². The molecular formula is C18H33N3O2. The molecule has 0 saturated carbocycles. The van der Waals surface area contributed by atoms with Crippen LogP contribution in [0.4, 0.5) is 0 Å². The summed E-state index contributed by atoms with van der Waals surface area (Å²) in [6.45, 7) is 2.56. The number of hydrogen-bond acceptors (Lipinski definition) is 3. The van der Waals surface area contributed by atoms with E-state index in [1.54, 1.807) is 0 Å². The summed E-state index contributed by atoms with van der Waals surface area (Å²) in [4.78, 5) is 2.73. The fourth-order valence-electron chi connectivity index (χ4n) is 2.94. The van der Waals surface area contributed by atoms with Crippen molar-refractivity contribution in [2.75, 3.05) is 6.61 Å². The summed E-state index contributed by atoms with van der Waals surface area (Å²) < 4.78 is 5.43. The highest BCUT2D eigenvalue weighted by Gasteiger charge is 2.33. The second-order valence-electron chi connectivity index (χ2n) is 6.46. The van der Waals surface area contributed by atoms with Crippen LogP contribution >= 0.6 is 0 Å². The molecule has 0 unspecified atom stereocenters. The molecule has 5 nitrogen and oxygen atoms in total. The smallest absolute Gasteiger partial charge is 0.102 e. The molecule has 5 heteroatoms. The average Bonchev–Trinajstić information content (AvgIpc) is 2.89. The van der Waals surface area contributed by atoms with Gasteiger partial charge in [-0.25, -0.2) is 0 Å². The molecule has 1 rings (SSSR count). The quantitative estimate of drug-likeness (QED) is 0.164. The van der Waals surface area contributed by atoms with Crippen LogP contribution in [0, 0.1) is 0 Å². The Morgan fingerprint density at radius 1 is 1.09 bits per heavy atom. The number of rotatable bonds is 13. The molecule has 23 heavy (non-hydrogen) atoms. The number of ether oxygens (including phenoxy) is 1. The maximum Gasteiger partial charge on any atom is 0.102 e. The van der Waals surface area contributed by atoms with Crippen molar-refractivity contribution in [2.45, 2.75) is 95.8 Å². The van der Waals surface area contributed by atoms with Gasteiger partial charge >= 0.3 is 0 Å². The van der Waals surface area contributed by atoms with Gasteiger partial charge in [-0.3, -0.25) is 0 Å². The molecular weight excluding hydrogens is 290 g/mol. The maximum absolute atomic E-state index is 9.92. The zero-order valence-electron chi connectivity index (χ0n) is 14.6. The molecule has 0 aromatic rings. The Hall–Kier alpha value is -1.03. The Bertz CT molecular complexity index is 367. The highest BCUT2D eigenvalue weighted by Crippen LogP contribution is 2.19. The Kier molecular flexibility index (Phi) is 11.7. The van der Waals surface area contributed by atoms with E-state index in [1.807, 2.05) is 6.08 Å². The first-order valence-corrected chi connectivity index (χ1v) is 9.30. The molecule has 1 N–H and O–H groups in total. The number of unbranched alkanes of at least 4 members (excludes halogenated alkanes) is 10. The summed E-state index contributed by atoms with van der Waals surface area (Å²) in [7, 11) is 0. The van der Waals surface area contributed by atoms with Gasteiger partial charge in [-0.15, -0.1) is 0 Å². The van der Waals surface area contributed by atoms with Crippen LogP contribution < -0.4 is 0 Å². The van der Waals surface area contributed by atoms with E-state index < -0.39 is 12.1 Å². The second-order valence-corrected chi connectivity index (χ2v) is 6.46. The number of nitrogens with zero attached hydrogens (tertiary/aromatic N) is 3. The van der Waals surface area contributed by atoms with Crippen molar-refractivity contribution >= 4 is 0 Å². The summed E-state index contributed by atoms with van der Waals surface area (Å²) in [5, 5.41) is 13.5. The van der Waals surface area contributed by atoms with Gasteiger partial charge in [-0.2, -0.15) is 0 Å². The van der Waals surface area contributed by atoms with Crippen molar-refractivity contribution < 1.29 is 9.84 Å². The normalized spacial score (nSPS) is 24.2. The molecule has 1 saturated heterocycles. The first-order valence-electron chi connectivity index (χ1n) is 9.30. The van der Waals surface area contributed by atoms with Crippen LogP contribution in [0.5, 0.6) is 0 Å². The summed E-state index contributed by atoms with van der Waals surface area (Å²) in [6.07, 6.45) is 17.4. The number of allylic oxidation sites excluding steroid dienone is 1. The average molecular weight is 323 g/mol. The Morgan fingerprint density at radius 3 is 2.30 bits per heavy atom. The molecule has 0 aromatic carbocycles. The molecule has 0 aliphatic carbocycles. The van der Waals surface area contributed by atoms with Gasteiger partial charge in [-0.05, 0) is 18.4 Å². The van der Waals surface area contributed by atoms with E-state index in [2.05, 4.69) is 23.0 Å². The lowest BCUT2D eigenvalue weighted by Crippen LogP contribution is -2.27. The van der Waals surface area contributed by atoms with Crippen molar-refractivity contribution in [3.05, 3.63) is 22.6 Å². The lowest BCUT2D eigenvalue weighted by molar-refractivity contribution is 0.0734. The molecule has 1 aliphatic rings. The van der Waals surface area contributed by atoms with Gasteiger partial charge in [0.1, 0.15) is 6.10 Å². The Labute approximate surface area is 140 Å². The van der Waals surface area contributed by atoms with Crippen molar-refractivity contribution in [1.29, 1.82) is 0 Å². The van der Waals surface area contributed by atoms with Gasteiger partial charge in [0, 0.05) is 4.91 Å². The third-order valence-electron chi connectivity index (χ3n) is 4.44. The van der Waals surface area contributed by atoms with Crippen molar-refractivity contribution in [1.82, 2.24) is 0 Å². The van der Waals surface area contributed by atoms with E-state index in [0.717, 1.165) is 6.42 Å². The maximum atomic E-state index is 9.92. The van der Waals surface area contributed by atoms with Gasteiger partial charge < -0.3 is 9.84 Å². The van der Waals surface area contributed by atoms with Crippen molar-refractivity contribution in [2.24, 2.45) is 5.11 Å². The minimum Gasteiger partial charge on any atom is -0.390 e. The topological polar surface area (TPSA) is 78.2 Å². The number of aliphatic hydroxyl groups excluding tert-OH is 1. The van der Waals surface area contributed by atoms with E-state index in [4.69, 9.17) is 10.3 Å². The van der Waals surface area contributed by atoms with Crippen LogP contribution in [0.3, 0.4) is 0 Å². The summed E-state index contributed by atoms with van der Waals surface area (Å²) >= 11 is 0. The second kappa shape index (κ2) is 13.4. The van der Waals surface area contributed by atoms with E-state index in [1.165, 1.54) is 64.2 Å². The molecule has 0 bridgehead atoms. The molecule has 1 aliphatic heterocycles. The zero-order chi connectivity index (χ0) is 16.8. The standard InChI is InChI=1S/C18H33N3O2/c1-2-3-4-5-6-7-8-9-10-11-12-13-14-17-18(22)16(15-23-17)20-21-19/h13-14,16-18,22H,2-12,15H2,1H3/b14-13-/t16-,17+,18+/m0/s1. The third kappa shape index (κ3) is 8.99. The third-order valence-corrected chi connectivity index (χ3v) is 4.44. The van der Waals surface area contributed by atoms with E-state index >= 15 is 0 Å². The van der Waals surface area contributed by atoms with E-state index in [9.17, 15) is 5.11 Å². The van der Waals surface area contributed by atoms with Crippen LogP contribution in [0.2, 0.25) is 0 Å². The summed E-state index contributed by atoms with van der Waals surface area (Å²) in [5.41, 5.74) is 8.39. The molecule has 0 spiro atoms. The summed E-state index contributed by atoms with van der Waals surface area (Å²) in [5.74, 6) is 0. The van der Waals surface area contributed by atoms with Crippen LogP contribution in [0.15, 0.2) is 17.3 Å². The summed E-state index contributed by atoms with van der Waals surface area (Å²) in [6, 6.07) is -0.452. The SMILES string of the molecule is CCCCCCCCCCCC/C=C\[C@H]1OC[C@H](N=[N+]=[N-])[C@H]1O. The highest BCUT2D eigenvalue weighted by molar-refractivity contribution is 5.01. The number of azide groups is 1. The lowest BCUT2D eigenvalue weighted by Gasteiger charge is -2.10. The van der Waals surface area contributed by atoms with Gasteiger partial charge in [0.25, 0.3) is 0 Å². The van der Waals surface area contributed by atoms with Crippen LogP contribution in [-0.4, -0.2) is 30.0 Å². The van der Waals surface area contributed by atoms with Crippen LogP contribution in [-0.2, 0) is 4.74 Å². The molecule has 0 radical (unpaired) electrons. The predicted molar refractivity (Wildman–Crippen MR) is 94.3 cm³/mol. The van der Waals surface area contributed by atoms with Gasteiger partial charge in [0.05, 0.1) is 18.8 Å². The van der Waals surface area contributed by atoms with Crippen LogP contribution in [0.25, 0.3) is 10.4 Å². The molecule has 3 atom stereocenters. The minimum atomic E-state index is -0.713. The fraction of sp³-hybridized carbons (Fsp3) is 0.889. The monoisotopic (exact) mass is 323 g/mol. The molecule has 1 heterocycles. The Balaban J connectivity index is 1.94. The predicted octanol–water partition coefficient (Wildman–Crippen LogP) is 5.29. The van der Waals surface area contributed by atoms with Gasteiger partial charge in [0.2, 0.25) is 0 Å². The van der Waals surface area contributed by atoms with Crippen molar-refractivity contribution in [3.63, 3.8) is 0 Å². The lowest BCUT2D eigenvalue weighted by atomic mass is 10.1. The molecule has 0 amide bonds. The molecule has 1 fully saturated rings. The van der Waals surface area contributed by atoms with E-state index in [-0.39, 0.29) is 6.10 Å². The number of aliphatic hydroxyl groups is 1. The minimum absolute atomic E-state index is 0.304. The Morgan fingerprint density at radius 2 is 1.70 bits per heavy atom. The fourth-order valence-corrected chi connectivity index (χ4v) is 2.94. The molecule has 0 aromatic heterocycles. The van der Waals surface area contributed by atoms with Crippen LogP contribution in [0.1, 0.15) is 77.6 Å². The molecule has 132 valence electrons. The first-order chi connectivity index (χ1) is 11.3. The number of hydrogen-bond donors (Lipinski definition) is 1. The first kappa shape index (κ1) is 20.0. The van der Waals surface area contributed by atoms with Crippen molar-refractivity contribution in [3.8, 4) is 0 Å².